The summed E-state index contributed by atoms with van der Waals surface area (Å²) < 4.78 is 201. The molecule has 0 unspecified atom stereocenters. The van der Waals surface area contributed by atoms with E-state index >= 15 is 0 Å². The van der Waals surface area contributed by atoms with E-state index in [1.165, 1.54) is 0 Å². The van der Waals surface area contributed by atoms with Crippen LogP contribution in [0.1, 0.15) is 0 Å². The summed E-state index contributed by atoms with van der Waals surface area (Å²) in [4.78, 5) is 0. The summed E-state index contributed by atoms with van der Waals surface area (Å²) in [5.41, 5.74) is 0. The van der Waals surface area contributed by atoms with E-state index in [0.29, 0.717) is 0 Å². The summed E-state index contributed by atoms with van der Waals surface area (Å²) in [5, 5.41) is -7.21. The van der Waals surface area contributed by atoms with Gasteiger partial charge in [0.1, 0.15) is 10.1 Å². The molecule has 0 aliphatic heterocycles. The molecule has 0 heterocycles. The third-order valence-electron chi connectivity index (χ3n) is 2.65. The van der Waals surface area contributed by atoms with Crippen LogP contribution < -0.4 is 0 Å². The molecule has 0 spiro atoms. The zero-order valence-corrected chi connectivity index (χ0v) is 12.8. The Labute approximate surface area is 146 Å². The molecular formula is C9Cl2F16. The van der Waals surface area contributed by atoms with Crippen molar-refractivity contribution in [3.63, 3.8) is 0 Å². The normalized spacial score (nSPS) is 17.1. The molecule has 27 heavy (non-hydrogen) atoms. The lowest BCUT2D eigenvalue weighted by atomic mass is 9.93. The van der Waals surface area contributed by atoms with Gasteiger partial charge in [-0.2, -0.15) is 70.2 Å². The Kier molecular flexibility index (Phi) is 6.43. The van der Waals surface area contributed by atoms with Crippen molar-refractivity contribution in [1.29, 1.82) is 0 Å². The monoisotopic (exact) mass is 482 g/mol. The zero-order chi connectivity index (χ0) is 22.7. The standard InChI is InChI=1S/C9Cl2F16/c10-1(2(11)4(14,15)16)3(12,13)5(17,18)6(19,20)7(21,22)8(23,24)9(25,26)27. The molecule has 0 saturated heterocycles. The molecular weight excluding hydrogens is 483 g/mol. The molecule has 0 aliphatic rings. The first kappa shape index (κ1) is 26.2. The molecule has 0 amide bonds. The van der Waals surface area contributed by atoms with Crippen LogP contribution in [0, 0.1) is 0 Å². The second-order valence-electron chi connectivity index (χ2n) is 4.50. The van der Waals surface area contributed by atoms with Gasteiger partial charge in [-0.05, 0) is 0 Å². The Balaban J connectivity index is 6.66. The van der Waals surface area contributed by atoms with Crippen molar-refractivity contribution in [1.82, 2.24) is 0 Å². The van der Waals surface area contributed by atoms with E-state index in [4.69, 9.17) is 0 Å². The van der Waals surface area contributed by atoms with Gasteiger partial charge in [0.05, 0.1) is 0 Å². The fourth-order valence-corrected chi connectivity index (χ4v) is 1.51. The van der Waals surface area contributed by atoms with E-state index in [-0.39, 0.29) is 0 Å². The first-order valence-corrected chi connectivity index (χ1v) is 6.16. The summed E-state index contributed by atoms with van der Waals surface area (Å²) in [6, 6.07) is 0. The SMILES string of the molecule is FC(F)(F)C(Cl)=C(Cl)C(F)(F)C(F)(F)C(F)(F)C(F)(F)C(F)(F)C(F)(F)F. The molecule has 0 rings (SSSR count). The van der Waals surface area contributed by atoms with Gasteiger partial charge in [-0.25, -0.2) is 0 Å². The van der Waals surface area contributed by atoms with Crippen molar-refractivity contribution in [2.24, 2.45) is 0 Å². The second-order valence-corrected chi connectivity index (χ2v) is 5.25. The minimum Gasteiger partial charge on any atom is -0.193 e. The Morgan fingerprint density at radius 3 is 0.963 bits per heavy atom. The Hall–Kier alpha value is -0.800. The maximum absolute atomic E-state index is 13.2. The third-order valence-corrected chi connectivity index (χ3v) is 3.58. The van der Waals surface area contributed by atoms with Gasteiger partial charge in [-0.15, -0.1) is 0 Å². The molecule has 0 bridgehead atoms. The highest BCUT2D eigenvalue weighted by molar-refractivity contribution is 6.40. The van der Waals surface area contributed by atoms with E-state index in [2.05, 4.69) is 23.2 Å². The number of hydrogen-bond donors (Lipinski definition) is 0. The first-order chi connectivity index (χ1) is 11.3. The smallest absolute Gasteiger partial charge is 0.193 e. The number of halogens is 18. The van der Waals surface area contributed by atoms with Gasteiger partial charge in [0.25, 0.3) is 0 Å². The lowest BCUT2D eigenvalue weighted by Gasteiger charge is -2.39. The van der Waals surface area contributed by atoms with Gasteiger partial charge in [-0.1, -0.05) is 23.2 Å². The van der Waals surface area contributed by atoms with E-state index < -0.39 is 52.0 Å². The van der Waals surface area contributed by atoms with E-state index in [0.717, 1.165) is 0 Å². The zero-order valence-electron chi connectivity index (χ0n) is 11.3. The first-order valence-electron chi connectivity index (χ1n) is 5.40. The van der Waals surface area contributed by atoms with Crippen molar-refractivity contribution in [3.05, 3.63) is 10.1 Å². The molecule has 0 aromatic heterocycles. The average Bonchev–Trinajstić information content (AvgIpc) is 2.42. The largest absolute Gasteiger partial charge is 0.460 e. The van der Waals surface area contributed by atoms with Crippen LogP contribution in [-0.4, -0.2) is 42.0 Å². The van der Waals surface area contributed by atoms with Crippen LogP contribution in [0.3, 0.4) is 0 Å². The molecule has 0 aliphatic carbocycles. The lowest BCUT2D eigenvalue weighted by Crippen LogP contribution is -2.70. The van der Waals surface area contributed by atoms with Crippen LogP contribution in [-0.2, 0) is 0 Å². The summed E-state index contributed by atoms with van der Waals surface area (Å²) in [6.07, 6.45) is -13.9. The quantitative estimate of drug-likeness (QED) is 0.371. The van der Waals surface area contributed by atoms with Crippen molar-refractivity contribution in [2.75, 3.05) is 0 Å². The maximum atomic E-state index is 13.2. The molecule has 0 saturated carbocycles. The van der Waals surface area contributed by atoms with Crippen LogP contribution in [0.2, 0.25) is 0 Å². The highest BCUT2D eigenvalue weighted by Crippen LogP contribution is 2.62. The van der Waals surface area contributed by atoms with Crippen molar-refractivity contribution >= 4 is 23.2 Å². The lowest BCUT2D eigenvalue weighted by molar-refractivity contribution is -0.436. The third kappa shape index (κ3) is 3.74. The highest BCUT2D eigenvalue weighted by atomic mass is 35.5. The number of allylic oxidation sites excluding steroid dienone is 2. The van der Waals surface area contributed by atoms with Crippen molar-refractivity contribution in [3.8, 4) is 0 Å². The van der Waals surface area contributed by atoms with Crippen LogP contribution in [0.15, 0.2) is 10.1 Å². The fraction of sp³-hybridized carbons (Fsp3) is 0.778. The minimum absolute atomic E-state index is 3.45. The molecule has 0 aromatic carbocycles. The van der Waals surface area contributed by atoms with E-state index in [1.54, 1.807) is 0 Å². The van der Waals surface area contributed by atoms with E-state index in [1.807, 2.05) is 0 Å². The van der Waals surface area contributed by atoms with Gasteiger partial charge in [0.15, 0.2) is 0 Å². The van der Waals surface area contributed by atoms with Crippen molar-refractivity contribution < 1.29 is 70.2 Å². The summed E-state index contributed by atoms with van der Waals surface area (Å²) in [6.45, 7) is 0. The molecule has 0 nitrogen and oxygen atoms in total. The molecule has 18 heteroatoms. The number of rotatable bonds is 5. The predicted molar refractivity (Wildman–Crippen MR) is 55.6 cm³/mol. The average molecular weight is 483 g/mol. The van der Waals surface area contributed by atoms with Gasteiger partial charge < -0.3 is 0 Å². The summed E-state index contributed by atoms with van der Waals surface area (Å²) in [5.74, 6) is -39.8. The van der Waals surface area contributed by atoms with Gasteiger partial charge in [0.2, 0.25) is 0 Å². The maximum Gasteiger partial charge on any atom is 0.460 e. The molecule has 0 radical (unpaired) electrons. The molecule has 0 fully saturated rings. The fourth-order valence-electron chi connectivity index (χ4n) is 1.17. The Bertz CT molecular complexity index is 594. The molecule has 162 valence electrons. The second kappa shape index (κ2) is 6.62. The van der Waals surface area contributed by atoms with Gasteiger partial charge in [-0.3, -0.25) is 0 Å². The predicted octanol–water partition coefficient (Wildman–Crippen LogP) is 6.98. The molecule has 0 atom stereocenters. The van der Waals surface area contributed by atoms with Gasteiger partial charge >= 0.3 is 42.0 Å². The summed E-state index contributed by atoms with van der Waals surface area (Å²) in [7, 11) is 0. The molecule has 0 N–H and O–H groups in total. The van der Waals surface area contributed by atoms with E-state index in [9.17, 15) is 70.2 Å². The van der Waals surface area contributed by atoms with Crippen LogP contribution in [0.5, 0.6) is 0 Å². The summed E-state index contributed by atoms with van der Waals surface area (Å²) >= 11 is 8.14. The number of alkyl halides is 16. The van der Waals surface area contributed by atoms with Gasteiger partial charge in [0, 0.05) is 0 Å². The van der Waals surface area contributed by atoms with Crippen LogP contribution in [0.4, 0.5) is 70.2 Å². The topological polar surface area (TPSA) is 0 Å². The minimum atomic E-state index is -8.27. The Morgan fingerprint density at radius 2 is 0.704 bits per heavy atom. The van der Waals surface area contributed by atoms with Crippen LogP contribution in [0.25, 0.3) is 0 Å². The molecule has 0 aromatic rings. The number of hydrogen-bond acceptors (Lipinski definition) is 0. The Morgan fingerprint density at radius 1 is 0.407 bits per heavy atom. The van der Waals surface area contributed by atoms with Crippen molar-refractivity contribution in [2.45, 2.75) is 42.0 Å². The van der Waals surface area contributed by atoms with Crippen LogP contribution >= 0.6 is 23.2 Å². The highest BCUT2D eigenvalue weighted by Gasteiger charge is 2.91.